The van der Waals surface area contributed by atoms with Crippen molar-refractivity contribution in [3.8, 4) is 0 Å². The average molecular weight is 157 g/mol. The lowest BCUT2D eigenvalue weighted by atomic mass is 10.1. The topological polar surface area (TPSA) is 26.0 Å². The molecule has 0 saturated heterocycles. The van der Waals surface area contributed by atoms with Gasteiger partial charge in [0.05, 0.1) is 0 Å². The summed E-state index contributed by atoms with van der Waals surface area (Å²) in [6, 6.07) is 3.01. The molecule has 1 aromatic rings. The zero-order valence-corrected chi connectivity index (χ0v) is 6.20. The molecule has 3 heteroatoms. The summed E-state index contributed by atoms with van der Waals surface area (Å²) in [6.07, 6.45) is 0. The third-order valence-electron chi connectivity index (χ3n) is 1.58. The quantitative estimate of drug-likeness (QED) is 0.660. The van der Waals surface area contributed by atoms with Crippen LogP contribution in [0.1, 0.15) is 11.1 Å². The molecule has 0 heterocycles. The Hall–Kier alpha value is -0.960. The first-order valence-corrected chi connectivity index (χ1v) is 3.30. The van der Waals surface area contributed by atoms with Crippen LogP contribution in [0.5, 0.6) is 0 Å². The highest BCUT2D eigenvalue weighted by molar-refractivity contribution is 5.24. The van der Waals surface area contributed by atoms with Gasteiger partial charge in [0.15, 0.2) is 11.6 Å². The molecule has 60 valence electrons. The first-order valence-electron chi connectivity index (χ1n) is 3.30. The van der Waals surface area contributed by atoms with E-state index in [0.29, 0.717) is 5.56 Å². The molecule has 0 fully saturated rings. The highest BCUT2D eigenvalue weighted by Gasteiger charge is 2.08. The molecule has 0 aliphatic carbocycles. The zero-order chi connectivity index (χ0) is 8.43. The van der Waals surface area contributed by atoms with Crippen LogP contribution in [0.3, 0.4) is 0 Å². The predicted molar refractivity (Wildman–Crippen MR) is 39.0 cm³/mol. The molecule has 0 atom stereocenters. The lowest BCUT2D eigenvalue weighted by molar-refractivity contribution is 0.494. The van der Waals surface area contributed by atoms with Crippen molar-refractivity contribution in [1.82, 2.24) is 0 Å². The summed E-state index contributed by atoms with van der Waals surface area (Å²) in [5.41, 5.74) is 5.68. The molecule has 0 aromatic heterocycles. The molecule has 0 radical (unpaired) electrons. The van der Waals surface area contributed by atoms with Gasteiger partial charge in [0.1, 0.15) is 0 Å². The van der Waals surface area contributed by atoms with Gasteiger partial charge in [-0.2, -0.15) is 0 Å². The molecule has 0 unspecified atom stereocenters. The van der Waals surface area contributed by atoms with E-state index in [1.807, 2.05) is 0 Å². The van der Waals surface area contributed by atoms with E-state index in [0.717, 1.165) is 0 Å². The van der Waals surface area contributed by atoms with Gasteiger partial charge in [-0.3, -0.25) is 0 Å². The molecule has 1 rings (SSSR count). The van der Waals surface area contributed by atoms with Crippen LogP contribution in [-0.2, 0) is 6.54 Å². The number of aryl methyl sites for hydroxylation is 1. The van der Waals surface area contributed by atoms with E-state index >= 15 is 0 Å². The van der Waals surface area contributed by atoms with Gasteiger partial charge < -0.3 is 5.73 Å². The summed E-state index contributed by atoms with van der Waals surface area (Å²) in [5.74, 6) is -1.62. The second-order valence-electron chi connectivity index (χ2n) is 2.37. The van der Waals surface area contributed by atoms with Crippen molar-refractivity contribution >= 4 is 0 Å². The third-order valence-corrected chi connectivity index (χ3v) is 1.58. The van der Waals surface area contributed by atoms with Crippen LogP contribution >= 0.6 is 0 Å². The van der Waals surface area contributed by atoms with Crippen LogP contribution in [0, 0.1) is 18.6 Å². The minimum atomic E-state index is -0.826. The van der Waals surface area contributed by atoms with Gasteiger partial charge in [-0.1, -0.05) is 12.1 Å². The smallest absolute Gasteiger partial charge is 0.163 e. The molecule has 1 aromatic carbocycles. The van der Waals surface area contributed by atoms with Crippen molar-refractivity contribution in [3.63, 3.8) is 0 Å². The molecule has 0 saturated carbocycles. The van der Waals surface area contributed by atoms with Gasteiger partial charge in [-0.05, 0) is 12.5 Å². The molecule has 0 bridgehead atoms. The van der Waals surface area contributed by atoms with Crippen LogP contribution in [0.4, 0.5) is 8.78 Å². The van der Waals surface area contributed by atoms with E-state index in [2.05, 4.69) is 0 Å². The van der Waals surface area contributed by atoms with Crippen LogP contribution in [-0.4, -0.2) is 0 Å². The number of rotatable bonds is 1. The van der Waals surface area contributed by atoms with Crippen molar-refractivity contribution in [2.75, 3.05) is 0 Å². The fraction of sp³-hybridized carbons (Fsp3) is 0.250. The number of nitrogens with two attached hydrogens (primary N) is 1. The molecule has 0 amide bonds. The van der Waals surface area contributed by atoms with Gasteiger partial charge in [-0.25, -0.2) is 8.78 Å². The number of hydrogen-bond acceptors (Lipinski definition) is 1. The third kappa shape index (κ3) is 1.38. The largest absolute Gasteiger partial charge is 0.326 e. The summed E-state index contributed by atoms with van der Waals surface area (Å²) in [5, 5.41) is 0. The fourth-order valence-electron chi connectivity index (χ4n) is 0.844. The van der Waals surface area contributed by atoms with Gasteiger partial charge in [0, 0.05) is 12.1 Å². The normalized spacial score (nSPS) is 10.2. The van der Waals surface area contributed by atoms with Crippen molar-refractivity contribution in [3.05, 3.63) is 34.9 Å². The maximum Gasteiger partial charge on any atom is 0.163 e. The van der Waals surface area contributed by atoms with Crippen LogP contribution in [0.2, 0.25) is 0 Å². The highest BCUT2D eigenvalue weighted by Crippen LogP contribution is 2.14. The number of benzene rings is 1. The lowest BCUT2D eigenvalue weighted by Gasteiger charge is -2.01. The molecular weight excluding hydrogens is 148 g/mol. The Morgan fingerprint density at radius 2 is 1.91 bits per heavy atom. The molecule has 11 heavy (non-hydrogen) atoms. The summed E-state index contributed by atoms with van der Waals surface area (Å²) in [6.45, 7) is 1.54. The second kappa shape index (κ2) is 2.96. The molecule has 2 N–H and O–H groups in total. The first kappa shape index (κ1) is 8.14. The van der Waals surface area contributed by atoms with E-state index < -0.39 is 11.6 Å². The average Bonchev–Trinajstić information content (AvgIpc) is 2.01. The van der Waals surface area contributed by atoms with Crippen LogP contribution in [0.15, 0.2) is 12.1 Å². The minimum absolute atomic E-state index is 0.0308. The molecule has 0 spiro atoms. The summed E-state index contributed by atoms with van der Waals surface area (Å²) < 4.78 is 25.6. The minimum Gasteiger partial charge on any atom is -0.326 e. The van der Waals surface area contributed by atoms with E-state index in [1.165, 1.54) is 19.1 Å². The molecule has 1 nitrogen and oxygen atoms in total. The number of halogens is 2. The molecule has 0 aliphatic rings. The summed E-state index contributed by atoms with van der Waals surface area (Å²) in [4.78, 5) is 0. The van der Waals surface area contributed by atoms with Crippen molar-refractivity contribution < 1.29 is 8.78 Å². The van der Waals surface area contributed by atoms with E-state index in [1.54, 1.807) is 0 Å². The zero-order valence-electron chi connectivity index (χ0n) is 6.20. The van der Waals surface area contributed by atoms with Crippen molar-refractivity contribution in [1.29, 1.82) is 0 Å². The van der Waals surface area contributed by atoms with E-state index in [4.69, 9.17) is 5.73 Å². The van der Waals surface area contributed by atoms with Crippen LogP contribution in [0.25, 0.3) is 0 Å². The molecule has 0 aliphatic heterocycles. The second-order valence-corrected chi connectivity index (χ2v) is 2.37. The fourth-order valence-corrected chi connectivity index (χ4v) is 0.844. The Morgan fingerprint density at radius 1 is 1.27 bits per heavy atom. The van der Waals surface area contributed by atoms with Gasteiger partial charge in [0.25, 0.3) is 0 Å². The van der Waals surface area contributed by atoms with E-state index in [-0.39, 0.29) is 12.1 Å². The van der Waals surface area contributed by atoms with Gasteiger partial charge >= 0.3 is 0 Å². The Morgan fingerprint density at radius 3 is 2.45 bits per heavy atom. The standard InChI is InChI=1S/C8H9F2N/c1-5-2-3-6(4-11)8(10)7(5)9/h2-3H,4,11H2,1H3. The van der Waals surface area contributed by atoms with Crippen molar-refractivity contribution in [2.45, 2.75) is 13.5 Å². The van der Waals surface area contributed by atoms with E-state index in [9.17, 15) is 8.78 Å². The summed E-state index contributed by atoms with van der Waals surface area (Å²) >= 11 is 0. The van der Waals surface area contributed by atoms with Gasteiger partial charge in [0.2, 0.25) is 0 Å². The van der Waals surface area contributed by atoms with Gasteiger partial charge in [-0.15, -0.1) is 0 Å². The maximum atomic E-state index is 12.8. The molecular formula is C8H9F2N. The Kier molecular flexibility index (Phi) is 2.19. The first-order chi connectivity index (χ1) is 5.16. The van der Waals surface area contributed by atoms with Crippen molar-refractivity contribution in [2.24, 2.45) is 5.73 Å². The lowest BCUT2D eigenvalue weighted by Crippen LogP contribution is -2.02. The highest BCUT2D eigenvalue weighted by atomic mass is 19.2. The maximum absolute atomic E-state index is 12.8. The summed E-state index contributed by atoms with van der Waals surface area (Å²) in [7, 11) is 0. The Labute approximate surface area is 63.8 Å². The predicted octanol–water partition coefficient (Wildman–Crippen LogP) is 1.73. The Bertz CT molecular complexity index is 271. The number of hydrogen-bond donors (Lipinski definition) is 1. The van der Waals surface area contributed by atoms with Crippen LogP contribution < -0.4 is 5.73 Å². The Balaban J connectivity index is 3.25. The SMILES string of the molecule is Cc1ccc(CN)c(F)c1F. The monoisotopic (exact) mass is 157 g/mol.